The van der Waals surface area contributed by atoms with Crippen molar-refractivity contribution in [3.8, 4) is 0 Å². The molecule has 0 spiro atoms. The summed E-state index contributed by atoms with van der Waals surface area (Å²) in [4.78, 5) is 22.8. The molecule has 0 amide bonds. The molecular weight excluding hydrogens is 336 g/mol. The van der Waals surface area contributed by atoms with Gasteiger partial charge in [-0.05, 0) is 35.9 Å². The fourth-order valence-corrected chi connectivity index (χ4v) is 2.84. The third-order valence-electron chi connectivity index (χ3n) is 3.90. The third-order valence-corrected chi connectivity index (χ3v) is 4.13. The second-order valence-electron chi connectivity index (χ2n) is 5.64. The van der Waals surface area contributed by atoms with Crippen molar-refractivity contribution in [3.05, 3.63) is 71.0 Å². The van der Waals surface area contributed by atoms with Gasteiger partial charge < -0.3 is 10.3 Å². The lowest BCUT2D eigenvalue weighted by Crippen LogP contribution is -1.96. The highest BCUT2D eigenvalue weighted by molar-refractivity contribution is 6.30. The second kappa shape index (κ2) is 6.40. The number of anilines is 2. The molecule has 6 heteroatoms. The van der Waals surface area contributed by atoms with Gasteiger partial charge >= 0.3 is 0 Å². The van der Waals surface area contributed by atoms with Crippen molar-refractivity contribution in [2.24, 2.45) is 0 Å². The molecular formula is C19H13ClN4O. The van der Waals surface area contributed by atoms with Crippen LogP contribution in [-0.4, -0.2) is 20.9 Å². The Hall–Kier alpha value is -3.14. The topological polar surface area (TPSA) is 70.7 Å². The number of fused-ring (bicyclic) bond motifs is 1. The quantitative estimate of drug-likeness (QED) is 0.686. The fourth-order valence-electron chi connectivity index (χ4n) is 2.65. The Bertz CT molecular complexity index is 1070. The van der Waals surface area contributed by atoms with E-state index in [9.17, 15) is 4.79 Å². The van der Waals surface area contributed by atoms with Crippen LogP contribution in [0.1, 0.15) is 12.1 Å². The molecule has 0 atom stereocenters. The van der Waals surface area contributed by atoms with Gasteiger partial charge in [0.05, 0.1) is 0 Å². The van der Waals surface area contributed by atoms with Crippen molar-refractivity contribution in [1.82, 2.24) is 15.0 Å². The molecule has 2 heterocycles. The SMILES string of the molecule is O=C=C1C=CC(c2cc3cnc(Nc4cccc(Cl)c4)nc3[nH]2)=CC1. The first-order valence-electron chi connectivity index (χ1n) is 7.72. The fraction of sp³-hybridized carbons (Fsp3) is 0.0526. The zero-order valence-electron chi connectivity index (χ0n) is 13.1. The summed E-state index contributed by atoms with van der Waals surface area (Å²) in [5.74, 6) is 2.41. The predicted molar refractivity (Wildman–Crippen MR) is 99.6 cm³/mol. The molecule has 122 valence electrons. The van der Waals surface area contributed by atoms with Crippen LogP contribution in [0.5, 0.6) is 0 Å². The van der Waals surface area contributed by atoms with Crippen LogP contribution in [0.2, 0.25) is 5.02 Å². The van der Waals surface area contributed by atoms with Gasteiger partial charge in [-0.3, -0.25) is 0 Å². The number of hydrogen-bond donors (Lipinski definition) is 2. The average molecular weight is 349 g/mol. The van der Waals surface area contributed by atoms with Crippen LogP contribution in [0.3, 0.4) is 0 Å². The molecule has 1 aliphatic carbocycles. The highest BCUT2D eigenvalue weighted by Crippen LogP contribution is 2.26. The Morgan fingerprint density at radius 3 is 2.92 bits per heavy atom. The molecule has 1 aromatic carbocycles. The molecule has 0 fully saturated rings. The number of aromatic nitrogens is 3. The van der Waals surface area contributed by atoms with Crippen molar-refractivity contribution >= 4 is 45.8 Å². The highest BCUT2D eigenvalue weighted by Gasteiger charge is 2.10. The van der Waals surface area contributed by atoms with Crippen LogP contribution < -0.4 is 5.32 Å². The Morgan fingerprint density at radius 2 is 2.16 bits per heavy atom. The molecule has 2 aromatic heterocycles. The minimum absolute atomic E-state index is 0.488. The summed E-state index contributed by atoms with van der Waals surface area (Å²) >= 11 is 5.99. The van der Waals surface area contributed by atoms with E-state index in [1.54, 1.807) is 12.3 Å². The number of rotatable bonds is 3. The molecule has 0 unspecified atom stereocenters. The molecule has 4 rings (SSSR count). The number of hydrogen-bond acceptors (Lipinski definition) is 4. The predicted octanol–water partition coefficient (Wildman–Crippen LogP) is 4.46. The summed E-state index contributed by atoms with van der Waals surface area (Å²) in [5, 5.41) is 4.70. The van der Waals surface area contributed by atoms with Crippen LogP contribution in [0.25, 0.3) is 16.6 Å². The standard InChI is InChI=1S/C19H13ClN4O/c20-15-2-1-3-16(9-15)22-19-21-10-14-8-17(23-18(14)24-19)13-6-4-12(11-25)5-7-13/h1-4,6-10H,5H2,(H2,21,22,23,24). The number of carbonyl (C=O) groups excluding carboxylic acids is 1. The lowest BCUT2D eigenvalue weighted by molar-refractivity contribution is 0.567. The molecule has 3 aromatic rings. The molecule has 0 radical (unpaired) electrons. The largest absolute Gasteiger partial charge is 0.339 e. The van der Waals surface area contributed by atoms with E-state index in [4.69, 9.17) is 11.6 Å². The van der Waals surface area contributed by atoms with Crippen molar-refractivity contribution < 1.29 is 4.79 Å². The van der Waals surface area contributed by atoms with E-state index in [-0.39, 0.29) is 0 Å². The van der Waals surface area contributed by atoms with Crippen molar-refractivity contribution in [2.75, 3.05) is 5.32 Å². The van der Waals surface area contributed by atoms with Gasteiger partial charge in [0.1, 0.15) is 11.6 Å². The maximum atomic E-state index is 10.7. The smallest absolute Gasteiger partial charge is 0.229 e. The van der Waals surface area contributed by atoms with Crippen molar-refractivity contribution in [2.45, 2.75) is 6.42 Å². The summed E-state index contributed by atoms with van der Waals surface area (Å²) in [5.41, 5.74) is 4.16. The molecule has 1 aliphatic rings. The monoisotopic (exact) mass is 348 g/mol. The maximum Gasteiger partial charge on any atom is 0.229 e. The maximum absolute atomic E-state index is 10.7. The van der Waals surface area contributed by atoms with Gasteiger partial charge in [0.25, 0.3) is 0 Å². The van der Waals surface area contributed by atoms with E-state index in [0.29, 0.717) is 23.0 Å². The van der Waals surface area contributed by atoms with Gasteiger partial charge in [-0.15, -0.1) is 0 Å². The first-order valence-corrected chi connectivity index (χ1v) is 8.10. The van der Waals surface area contributed by atoms with Gasteiger partial charge in [-0.2, -0.15) is 4.98 Å². The number of allylic oxidation sites excluding steroid dienone is 5. The summed E-state index contributed by atoms with van der Waals surface area (Å²) in [6.07, 6.45) is 8.01. The van der Waals surface area contributed by atoms with Crippen LogP contribution >= 0.6 is 11.6 Å². The summed E-state index contributed by atoms with van der Waals surface area (Å²) in [6.45, 7) is 0. The van der Waals surface area contributed by atoms with E-state index >= 15 is 0 Å². The van der Waals surface area contributed by atoms with E-state index in [0.717, 1.165) is 28.0 Å². The molecule has 5 nitrogen and oxygen atoms in total. The van der Waals surface area contributed by atoms with Gasteiger partial charge in [0, 0.05) is 40.0 Å². The zero-order valence-corrected chi connectivity index (χ0v) is 13.8. The highest BCUT2D eigenvalue weighted by atomic mass is 35.5. The molecule has 0 saturated heterocycles. The van der Waals surface area contributed by atoms with Crippen LogP contribution in [-0.2, 0) is 4.79 Å². The summed E-state index contributed by atoms with van der Waals surface area (Å²) in [7, 11) is 0. The van der Waals surface area contributed by atoms with Crippen LogP contribution in [0.4, 0.5) is 11.6 Å². The minimum Gasteiger partial charge on any atom is -0.339 e. The van der Waals surface area contributed by atoms with Gasteiger partial charge in [-0.25, -0.2) is 9.78 Å². The lowest BCUT2D eigenvalue weighted by Gasteiger charge is -2.05. The number of nitrogens with zero attached hydrogens (tertiary/aromatic N) is 2. The molecule has 0 bridgehead atoms. The van der Waals surface area contributed by atoms with E-state index in [1.165, 1.54) is 0 Å². The number of benzene rings is 1. The molecule has 2 N–H and O–H groups in total. The van der Waals surface area contributed by atoms with Gasteiger partial charge in [0.2, 0.25) is 5.95 Å². The summed E-state index contributed by atoms with van der Waals surface area (Å²) < 4.78 is 0. The van der Waals surface area contributed by atoms with E-state index in [1.807, 2.05) is 48.4 Å². The van der Waals surface area contributed by atoms with Crippen molar-refractivity contribution in [1.29, 1.82) is 0 Å². The second-order valence-corrected chi connectivity index (χ2v) is 6.08. The lowest BCUT2D eigenvalue weighted by atomic mass is 10.0. The number of aromatic amines is 1. The average Bonchev–Trinajstić information content (AvgIpc) is 3.05. The molecule has 25 heavy (non-hydrogen) atoms. The van der Waals surface area contributed by atoms with Gasteiger partial charge in [-0.1, -0.05) is 29.8 Å². The number of H-pyrrole nitrogens is 1. The van der Waals surface area contributed by atoms with E-state index < -0.39 is 0 Å². The van der Waals surface area contributed by atoms with Crippen LogP contribution in [0, 0.1) is 0 Å². The Kier molecular flexibility index (Phi) is 3.94. The number of nitrogens with one attached hydrogen (secondary N) is 2. The first kappa shape index (κ1) is 15.4. The molecule has 0 aliphatic heterocycles. The van der Waals surface area contributed by atoms with Gasteiger partial charge in [0.15, 0.2) is 0 Å². The Balaban J connectivity index is 1.63. The normalized spacial score (nSPS) is 13.6. The first-order chi connectivity index (χ1) is 12.2. The zero-order chi connectivity index (χ0) is 17.2. The molecule has 0 saturated carbocycles. The summed E-state index contributed by atoms with van der Waals surface area (Å²) in [6, 6.07) is 9.37. The van der Waals surface area contributed by atoms with Crippen LogP contribution in [0.15, 0.2) is 60.3 Å². The third kappa shape index (κ3) is 3.24. The Morgan fingerprint density at radius 1 is 1.24 bits per heavy atom. The van der Waals surface area contributed by atoms with E-state index in [2.05, 4.69) is 20.3 Å². The Labute approximate surface area is 148 Å². The minimum atomic E-state index is 0.488. The number of halogens is 1. The van der Waals surface area contributed by atoms with Crippen molar-refractivity contribution in [3.63, 3.8) is 0 Å².